The predicted octanol–water partition coefficient (Wildman–Crippen LogP) is 11.5. The van der Waals surface area contributed by atoms with E-state index in [0.29, 0.717) is 5.78 Å². The van der Waals surface area contributed by atoms with E-state index >= 15 is 0 Å². The maximum absolute atomic E-state index is 12.3. The highest BCUT2D eigenvalue weighted by molar-refractivity contribution is 6.99. The summed E-state index contributed by atoms with van der Waals surface area (Å²) in [6.45, 7) is 10.1. The van der Waals surface area contributed by atoms with Crippen LogP contribution in [0.5, 0.6) is 0 Å². The van der Waals surface area contributed by atoms with Gasteiger partial charge in [-0.15, -0.1) is 0 Å². The fraction of sp³-hybridized carbons (Fsp3) is 0.634. The zero-order valence-electron chi connectivity index (χ0n) is 29.1. The Bertz CT molecular complexity index is 953. The van der Waals surface area contributed by atoms with Gasteiger partial charge in [0.05, 0.1) is 0 Å². The van der Waals surface area contributed by atoms with Crippen molar-refractivity contribution in [1.82, 2.24) is 0 Å². The molecule has 0 fully saturated rings. The van der Waals surface area contributed by atoms with E-state index in [1.54, 1.807) is 0 Å². The Labute approximate surface area is 273 Å². The normalized spacial score (nSPS) is 12.3. The molecular weight excluding hydrogens is 553 g/mol. The van der Waals surface area contributed by atoms with Crippen molar-refractivity contribution in [2.75, 3.05) is 6.61 Å². The monoisotopic (exact) mass is 618 g/mol. The van der Waals surface area contributed by atoms with Crippen molar-refractivity contribution in [1.29, 1.82) is 0 Å². The SMILES string of the molecule is CCCCCC/C=C\CCCCCCCCC(=O)CCCCCCCCO[Si](c1ccccc1)(c1ccccc1)C(C)(C)C. The molecule has 0 aliphatic rings. The Balaban J connectivity index is 1.51. The van der Waals surface area contributed by atoms with Crippen molar-refractivity contribution < 1.29 is 9.22 Å². The highest BCUT2D eigenvalue weighted by Crippen LogP contribution is 2.36. The number of unbranched alkanes of at least 4 members (excludes halogenated alkanes) is 15. The number of carbonyl (C=O) groups is 1. The molecule has 246 valence electrons. The molecule has 44 heavy (non-hydrogen) atoms. The Hall–Kier alpha value is -1.97. The summed E-state index contributed by atoms with van der Waals surface area (Å²) >= 11 is 0. The molecule has 0 saturated carbocycles. The molecule has 2 aromatic rings. The van der Waals surface area contributed by atoms with Crippen molar-refractivity contribution in [2.45, 2.75) is 161 Å². The van der Waals surface area contributed by atoms with E-state index in [1.807, 2.05) is 0 Å². The van der Waals surface area contributed by atoms with E-state index in [-0.39, 0.29) is 5.04 Å². The fourth-order valence-electron chi connectivity index (χ4n) is 6.46. The molecule has 0 spiro atoms. The summed E-state index contributed by atoms with van der Waals surface area (Å²) in [4.78, 5) is 12.3. The summed E-state index contributed by atoms with van der Waals surface area (Å²) < 4.78 is 7.02. The second kappa shape index (κ2) is 23.4. The van der Waals surface area contributed by atoms with Gasteiger partial charge in [0.15, 0.2) is 0 Å². The second-order valence-electron chi connectivity index (χ2n) is 13.9. The van der Waals surface area contributed by atoms with Crippen LogP contribution in [0.25, 0.3) is 0 Å². The molecule has 3 heteroatoms. The molecule has 0 heterocycles. The van der Waals surface area contributed by atoms with Crippen LogP contribution in [0.2, 0.25) is 5.04 Å². The lowest BCUT2D eigenvalue weighted by Crippen LogP contribution is -2.66. The highest BCUT2D eigenvalue weighted by atomic mass is 28.4. The van der Waals surface area contributed by atoms with Gasteiger partial charge in [-0.3, -0.25) is 4.79 Å². The van der Waals surface area contributed by atoms with Gasteiger partial charge in [0.1, 0.15) is 5.78 Å². The topological polar surface area (TPSA) is 26.3 Å². The number of benzene rings is 2. The third-order valence-electron chi connectivity index (χ3n) is 9.05. The van der Waals surface area contributed by atoms with Gasteiger partial charge in [0, 0.05) is 19.4 Å². The zero-order chi connectivity index (χ0) is 31.8. The molecule has 0 aromatic heterocycles. The van der Waals surface area contributed by atoms with Gasteiger partial charge in [-0.1, -0.05) is 171 Å². The first-order chi connectivity index (χ1) is 21.4. The van der Waals surface area contributed by atoms with E-state index in [1.165, 1.54) is 107 Å². The second-order valence-corrected chi connectivity index (χ2v) is 18.2. The van der Waals surface area contributed by atoms with Gasteiger partial charge in [-0.05, 0) is 60.4 Å². The van der Waals surface area contributed by atoms with Crippen LogP contribution in [0.3, 0.4) is 0 Å². The van der Waals surface area contributed by atoms with Crippen LogP contribution < -0.4 is 10.4 Å². The zero-order valence-corrected chi connectivity index (χ0v) is 30.1. The fourth-order valence-corrected chi connectivity index (χ4v) is 11.1. The average Bonchev–Trinajstić information content (AvgIpc) is 3.02. The van der Waals surface area contributed by atoms with Crippen LogP contribution >= 0.6 is 0 Å². The molecule has 0 aliphatic carbocycles. The summed E-state index contributed by atoms with van der Waals surface area (Å²) in [5.74, 6) is 0.479. The van der Waals surface area contributed by atoms with Crippen molar-refractivity contribution >= 4 is 24.5 Å². The predicted molar refractivity (Wildman–Crippen MR) is 196 cm³/mol. The summed E-state index contributed by atoms with van der Waals surface area (Å²) in [6.07, 6.45) is 28.8. The molecule has 2 rings (SSSR count). The van der Waals surface area contributed by atoms with Crippen LogP contribution in [0.4, 0.5) is 0 Å². The number of ketones is 1. The molecular formula is C41H66O2Si. The first-order valence-corrected chi connectivity index (χ1v) is 20.2. The van der Waals surface area contributed by atoms with Crippen molar-refractivity contribution in [3.8, 4) is 0 Å². The van der Waals surface area contributed by atoms with Crippen LogP contribution in [0.15, 0.2) is 72.8 Å². The molecule has 0 atom stereocenters. The number of rotatable bonds is 26. The van der Waals surface area contributed by atoms with Gasteiger partial charge in [-0.25, -0.2) is 0 Å². The number of allylic oxidation sites excluding steroid dienone is 2. The van der Waals surface area contributed by atoms with E-state index in [9.17, 15) is 4.79 Å². The molecule has 0 saturated heterocycles. The minimum atomic E-state index is -2.42. The summed E-state index contributed by atoms with van der Waals surface area (Å²) in [6, 6.07) is 21.9. The molecule has 0 bridgehead atoms. The average molecular weight is 619 g/mol. The van der Waals surface area contributed by atoms with Crippen molar-refractivity contribution in [3.63, 3.8) is 0 Å². The molecule has 0 radical (unpaired) electrons. The third kappa shape index (κ3) is 14.9. The van der Waals surface area contributed by atoms with Gasteiger partial charge in [-0.2, -0.15) is 0 Å². The smallest absolute Gasteiger partial charge is 0.261 e. The van der Waals surface area contributed by atoms with Gasteiger partial charge in [0.25, 0.3) is 8.32 Å². The van der Waals surface area contributed by atoms with Gasteiger partial charge in [0.2, 0.25) is 0 Å². The lowest BCUT2D eigenvalue weighted by atomic mass is 10.0. The Morgan fingerprint density at radius 2 is 1.00 bits per heavy atom. The summed E-state index contributed by atoms with van der Waals surface area (Å²) in [5.41, 5.74) is 0. The third-order valence-corrected chi connectivity index (χ3v) is 14.1. The van der Waals surface area contributed by atoms with Gasteiger partial charge >= 0.3 is 0 Å². The minimum absolute atomic E-state index is 0.0345. The van der Waals surface area contributed by atoms with Crippen molar-refractivity contribution in [2.24, 2.45) is 0 Å². The lowest BCUT2D eigenvalue weighted by Gasteiger charge is -2.43. The minimum Gasteiger partial charge on any atom is -0.407 e. The van der Waals surface area contributed by atoms with E-state index in [4.69, 9.17) is 4.43 Å². The molecule has 0 N–H and O–H groups in total. The van der Waals surface area contributed by atoms with Crippen molar-refractivity contribution in [3.05, 3.63) is 72.8 Å². The molecule has 0 aliphatic heterocycles. The lowest BCUT2D eigenvalue weighted by molar-refractivity contribution is -0.119. The number of carbonyl (C=O) groups excluding carboxylic acids is 1. The highest BCUT2D eigenvalue weighted by Gasteiger charge is 2.49. The maximum atomic E-state index is 12.3. The number of hydrogen-bond acceptors (Lipinski definition) is 2. The van der Waals surface area contributed by atoms with Crippen LogP contribution in [-0.2, 0) is 9.22 Å². The first kappa shape index (κ1) is 38.2. The Kier molecular flexibility index (Phi) is 20.3. The Morgan fingerprint density at radius 3 is 1.45 bits per heavy atom. The molecule has 2 nitrogen and oxygen atoms in total. The van der Waals surface area contributed by atoms with Crippen LogP contribution in [-0.4, -0.2) is 20.7 Å². The van der Waals surface area contributed by atoms with Gasteiger partial charge < -0.3 is 4.43 Å². The number of Topliss-reactive ketones (excluding diaryl/α,β-unsaturated/α-hetero) is 1. The standard InChI is InChI=1S/C41H66O2Si/c1-5-6-7-8-9-10-11-12-13-14-15-16-19-24-31-38(42)32-25-20-17-18-21-30-37-43-44(41(2,3)4,39-33-26-22-27-34-39)40-35-28-23-29-36-40/h10-11,22-23,26-29,33-36H,5-9,12-21,24-25,30-32,37H2,1-4H3/b11-10-. The van der Waals surface area contributed by atoms with E-state index in [2.05, 4.69) is 101 Å². The van der Waals surface area contributed by atoms with Crippen LogP contribution in [0.1, 0.15) is 156 Å². The summed E-state index contributed by atoms with van der Waals surface area (Å²) in [5, 5.41) is 2.75. The Morgan fingerprint density at radius 1 is 0.591 bits per heavy atom. The van der Waals surface area contributed by atoms with E-state index < -0.39 is 8.32 Å². The molecule has 0 unspecified atom stereocenters. The summed E-state index contributed by atoms with van der Waals surface area (Å²) in [7, 11) is -2.42. The van der Waals surface area contributed by atoms with Crippen LogP contribution in [0, 0.1) is 0 Å². The van der Waals surface area contributed by atoms with E-state index in [0.717, 1.165) is 38.7 Å². The number of hydrogen-bond donors (Lipinski definition) is 0. The quantitative estimate of drug-likeness (QED) is 0.0595. The molecule has 2 aromatic carbocycles. The maximum Gasteiger partial charge on any atom is 0.261 e. The molecule has 0 amide bonds. The first-order valence-electron chi connectivity index (χ1n) is 18.3. The largest absolute Gasteiger partial charge is 0.407 e.